The maximum Gasteiger partial charge on any atom is 0.244 e. The maximum atomic E-state index is 14.6. The molecule has 700 valence electrons. The molecule has 0 radical (unpaired) electrons. The van der Waals surface area contributed by atoms with E-state index in [-0.39, 0.29) is 96.8 Å². The van der Waals surface area contributed by atoms with Crippen LogP contribution in [0.15, 0.2) is 136 Å². The summed E-state index contributed by atoms with van der Waals surface area (Å²) >= 11 is 23.8. The number of imidazole rings is 4. The van der Waals surface area contributed by atoms with Crippen molar-refractivity contribution >= 4 is 143 Å². The number of aromatic amines is 4. The van der Waals surface area contributed by atoms with Crippen LogP contribution in [0.1, 0.15) is 38.4 Å². The van der Waals surface area contributed by atoms with Crippen LogP contribution in [0.2, 0.25) is 20.1 Å². The van der Waals surface area contributed by atoms with E-state index in [9.17, 15) is 36.7 Å². The van der Waals surface area contributed by atoms with Crippen molar-refractivity contribution < 1.29 is 46.2 Å². The number of nitrogen functional groups attached to an aromatic ring is 1. The molecule has 4 aliphatic rings. The van der Waals surface area contributed by atoms with Crippen LogP contribution in [-0.4, -0.2) is 280 Å². The van der Waals surface area contributed by atoms with E-state index in [1.165, 1.54) is 68.5 Å². The van der Waals surface area contributed by atoms with Crippen molar-refractivity contribution in [2.45, 2.75) is 80.3 Å². The SMILES string of the molecule is C.COc1cc(N2CCN(C(=O)Cn3nc(-c4ncc[nH]4)c4c(C)ncnc43)[C@@H](C)C2)c(F)cc1Cl.COc1cc(N2CCN(C(=O)Cn3nc(-c4ncc[nH]4)c4c(N)ncnc43)CC2)c(F)cc1Cl.Cc1ncnc2c1c(-c1ncc[nH]1)nn2CC(=O)N1CCN(c2ccc(Cl)cc2F)CC1.Cc1ncnc2c1c(-c1ncc[nH]1)nn2CC(=O)N1CCN(c2ccc(Cl)cc2F)C[C@@H]1C. The third kappa shape index (κ3) is 19.6. The van der Waals surface area contributed by atoms with Crippen molar-refractivity contribution in [2.24, 2.45) is 0 Å². The largest absolute Gasteiger partial charge is 0.495 e. The van der Waals surface area contributed by atoms with Crippen LogP contribution in [0.4, 0.5) is 46.1 Å². The number of anilines is 5. The second kappa shape index (κ2) is 40.4. The van der Waals surface area contributed by atoms with Gasteiger partial charge in [0.1, 0.15) is 115 Å². The first-order valence-electron chi connectivity index (χ1n) is 42.4. The number of benzene rings is 4. The average Bonchev–Trinajstić information content (AvgIpc) is 1.55. The molecular formula is C88H91Cl4F4N33O6. The summed E-state index contributed by atoms with van der Waals surface area (Å²) in [6.07, 6.45) is 19.1. The fourth-order valence-electron chi connectivity index (χ4n) is 16.9. The molecule has 39 nitrogen and oxygen atoms in total. The van der Waals surface area contributed by atoms with Crippen LogP contribution in [0.25, 0.3) is 90.2 Å². The lowest BCUT2D eigenvalue weighted by atomic mass is 10.1. The summed E-state index contributed by atoms with van der Waals surface area (Å²) in [5, 5.41) is 22.4. The van der Waals surface area contributed by atoms with E-state index in [2.05, 4.69) is 100 Å². The molecule has 135 heavy (non-hydrogen) atoms. The number of hydrogen-bond acceptors (Lipinski definition) is 27. The van der Waals surface area contributed by atoms with Gasteiger partial charge in [-0.15, -0.1) is 0 Å². The Morgan fingerprint density at radius 2 is 0.689 bits per heavy atom. The van der Waals surface area contributed by atoms with Crippen LogP contribution in [0.3, 0.4) is 0 Å². The number of piperazine rings is 4. The maximum absolute atomic E-state index is 14.6. The zero-order valence-electron chi connectivity index (χ0n) is 73.2. The van der Waals surface area contributed by atoms with E-state index in [1.807, 2.05) is 54.2 Å². The number of aromatic nitrogens is 24. The Bertz CT molecular complexity index is 6990. The molecule has 0 unspecified atom stereocenters. The van der Waals surface area contributed by atoms with E-state index < -0.39 is 11.6 Å². The van der Waals surface area contributed by atoms with E-state index in [4.69, 9.17) is 61.6 Å². The number of carbonyl (C=O) groups excluding carboxylic acids is 4. The molecule has 0 bridgehead atoms. The number of nitrogens with one attached hydrogen (secondary N) is 4. The van der Waals surface area contributed by atoms with Gasteiger partial charge >= 0.3 is 0 Å². The topological polar surface area (TPSA) is 428 Å². The molecule has 4 aliphatic heterocycles. The highest BCUT2D eigenvalue weighted by molar-refractivity contribution is 6.32. The predicted octanol–water partition coefficient (Wildman–Crippen LogP) is 11.4. The summed E-state index contributed by atoms with van der Waals surface area (Å²) in [6, 6.07) is 14.7. The lowest BCUT2D eigenvalue weighted by molar-refractivity contribution is -0.135. The highest BCUT2D eigenvalue weighted by atomic mass is 35.5. The normalized spacial score (nSPS) is 15.2. The van der Waals surface area contributed by atoms with Gasteiger partial charge in [-0.1, -0.05) is 53.8 Å². The van der Waals surface area contributed by atoms with Gasteiger partial charge in [0, 0.05) is 175 Å². The van der Waals surface area contributed by atoms with Gasteiger partial charge in [-0.2, -0.15) is 20.4 Å². The number of aryl methyl sites for hydroxylation is 3. The van der Waals surface area contributed by atoms with Crippen molar-refractivity contribution in [2.75, 3.05) is 131 Å². The van der Waals surface area contributed by atoms with Gasteiger partial charge < -0.3 is 74.3 Å². The summed E-state index contributed by atoms with van der Waals surface area (Å²) in [5.41, 5.74) is 14.6. The highest BCUT2D eigenvalue weighted by Gasteiger charge is 2.35. The molecule has 0 saturated carbocycles. The summed E-state index contributed by atoms with van der Waals surface area (Å²) < 4.78 is 74.5. The summed E-state index contributed by atoms with van der Waals surface area (Å²) in [5.74, 6) is 1.37. The number of halogens is 8. The number of nitrogens with two attached hydrogens (primary N) is 1. The van der Waals surface area contributed by atoms with Crippen LogP contribution in [0.5, 0.6) is 11.5 Å². The zero-order valence-corrected chi connectivity index (χ0v) is 76.2. The fourth-order valence-corrected chi connectivity index (χ4v) is 17.6. The first-order chi connectivity index (χ1) is 64.8. The van der Waals surface area contributed by atoms with Crippen LogP contribution in [-0.2, 0) is 45.4 Å². The monoisotopic (exact) mass is 1920 g/mol. The van der Waals surface area contributed by atoms with Crippen LogP contribution >= 0.6 is 46.4 Å². The number of nitrogens with zero attached hydrogens (tertiary/aromatic N) is 28. The molecule has 0 aliphatic carbocycles. The van der Waals surface area contributed by atoms with Crippen LogP contribution < -0.4 is 34.8 Å². The van der Waals surface area contributed by atoms with Gasteiger partial charge in [-0.05, 0) is 83.1 Å². The number of rotatable bonds is 18. The molecular weight excluding hydrogens is 1830 g/mol. The molecule has 2 atom stereocenters. The van der Waals surface area contributed by atoms with Gasteiger partial charge in [-0.25, -0.2) is 96.1 Å². The number of H-pyrrole nitrogens is 4. The molecule has 6 N–H and O–H groups in total. The molecule has 12 aromatic heterocycles. The molecule has 0 spiro atoms. The van der Waals surface area contributed by atoms with Gasteiger partial charge in [0.2, 0.25) is 23.6 Å². The average molecular weight is 1920 g/mol. The first-order valence-corrected chi connectivity index (χ1v) is 43.9. The number of ether oxygens (including phenoxy) is 2. The summed E-state index contributed by atoms with van der Waals surface area (Å²) in [7, 11) is 2.97. The van der Waals surface area contributed by atoms with Crippen molar-refractivity contribution in [3.8, 4) is 57.6 Å². The lowest BCUT2D eigenvalue weighted by Crippen LogP contribution is -2.55. The summed E-state index contributed by atoms with van der Waals surface area (Å²) in [4.78, 5) is 131. The fraction of sp³-hybridized carbons (Fsp3) is 0.318. The van der Waals surface area contributed by atoms with Gasteiger partial charge in [-0.3, -0.25) is 19.2 Å². The second-order valence-electron chi connectivity index (χ2n) is 31.8. The second-order valence-corrected chi connectivity index (χ2v) is 33.5. The minimum absolute atomic E-state index is 0. The number of carbonyl (C=O) groups is 4. The Morgan fingerprint density at radius 1 is 0.385 bits per heavy atom. The Hall–Kier alpha value is -14.7. The van der Waals surface area contributed by atoms with Crippen molar-refractivity contribution in [1.29, 1.82) is 0 Å². The van der Waals surface area contributed by atoms with E-state index in [0.29, 0.717) is 210 Å². The zero-order chi connectivity index (χ0) is 93.9. The Labute approximate surface area is 788 Å². The van der Waals surface area contributed by atoms with E-state index in [1.54, 1.807) is 120 Å². The molecule has 20 rings (SSSR count). The third-order valence-corrected chi connectivity index (χ3v) is 24.6. The van der Waals surface area contributed by atoms with Crippen molar-refractivity contribution in [3.63, 3.8) is 0 Å². The molecule has 16 aromatic rings. The Morgan fingerprint density at radius 3 is 1.03 bits per heavy atom. The Balaban J connectivity index is 0.000000130. The summed E-state index contributed by atoms with van der Waals surface area (Å²) in [6.45, 7) is 16.3. The molecule has 47 heteroatoms. The highest BCUT2D eigenvalue weighted by Crippen LogP contribution is 2.38. The molecule has 16 heterocycles. The minimum atomic E-state index is -0.434. The van der Waals surface area contributed by atoms with Gasteiger partial charge in [0.05, 0.1) is 85.6 Å². The van der Waals surface area contributed by atoms with Crippen molar-refractivity contribution in [1.82, 2.24) is 138 Å². The van der Waals surface area contributed by atoms with Gasteiger partial charge in [0.15, 0.2) is 45.9 Å². The lowest BCUT2D eigenvalue weighted by Gasteiger charge is -2.41. The number of fused-ring (bicyclic) bond motifs is 4. The molecule has 4 amide bonds. The molecule has 4 aromatic carbocycles. The van der Waals surface area contributed by atoms with Crippen molar-refractivity contribution in [3.05, 3.63) is 196 Å². The molecule has 4 fully saturated rings. The minimum Gasteiger partial charge on any atom is -0.495 e. The standard InChI is InChI=1S/C23H24ClFN8O2.C22H22ClFN8O.C21H21ClFN9O2.C21H20ClFN8O.CH4/c1-13-10-31(17-9-18(35-3)15(24)8-16(17)25)6-7-32(13)19(34)11-33-23-20(14(2)28-12-29-23)21(30-33)22-26-4-5-27-22;1-13-10-30(17-4-3-15(23)9-16(17)24)7-8-31(13)18(33)11-32-22-19(14(2)27-12-28-22)20(29-32)21-25-5-6-26-21;1-34-15-9-14(13(23)8-12(15)22)30-4-6-31(7-5-30)16(33)10-32-21-17(19(24)27-11-28-21)18(29-32)20-25-2-3-26-20;1-13-18-19(20-24-4-5-25-20)28-31(21(18)27-12-26-13)11-17(32)30-8-6-29(7-9-30)16-3-2-14(22)10-15(16)23;/h4-5,8-9,12-13H,6-7,10-11H2,1-3H3,(H,26,27);3-6,9,12-13H,7-8,10-11H2,1-2H3,(H,25,26);2-3,8-9,11H,4-7,10H2,1H3,(H,25,26)(H2,24,27,28);2-5,10,12H,6-9,11H2,1H3,(H,24,25);1H4/t2*13-;;;/m00.../s1. The van der Waals surface area contributed by atoms with E-state index in [0.717, 1.165) is 33.2 Å². The molecule has 4 saturated heterocycles. The predicted molar refractivity (Wildman–Crippen MR) is 500 cm³/mol. The third-order valence-electron chi connectivity index (χ3n) is 23.5. The first kappa shape index (κ1) is 93.5. The quantitative estimate of drug-likeness (QED) is 0.0498. The van der Waals surface area contributed by atoms with Crippen LogP contribution in [0, 0.1) is 44.0 Å². The number of methoxy groups -OCH3 is 2. The van der Waals surface area contributed by atoms with Gasteiger partial charge in [0.25, 0.3) is 0 Å². The number of hydrogen-bond donors (Lipinski definition) is 5. The Kier molecular flexibility index (Phi) is 28.0. The van der Waals surface area contributed by atoms with E-state index >= 15 is 0 Å². The number of amides is 4. The smallest absolute Gasteiger partial charge is 0.244 e.